The van der Waals surface area contributed by atoms with Gasteiger partial charge in [-0.3, -0.25) is 4.79 Å². The molecule has 126 valence electrons. The van der Waals surface area contributed by atoms with Crippen LogP contribution in [0, 0.1) is 5.92 Å². The van der Waals surface area contributed by atoms with Crippen LogP contribution in [0.5, 0.6) is 5.75 Å². The molecule has 1 aliphatic carbocycles. The molecule has 2 N–H and O–H groups in total. The number of carbonyl (C=O) groups is 2. The first-order chi connectivity index (χ1) is 10.9. The summed E-state index contributed by atoms with van der Waals surface area (Å²) < 4.78 is 5.42. The van der Waals surface area contributed by atoms with Gasteiger partial charge in [-0.15, -0.1) is 0 Å². The highest BCUT2D eigenvalue weighted by molar-refractivity contribution is 5.76. The maximum atomic E-state index is 12.2. The summed E-state index contributed by atoms with van der Waals surface area (Å²) in [6.45, 7) is 2.30. The first-order valence-corrected chi connectivity index (χ1v) is 7.75. The molecule has 2 rings (SSSR count). The molecule has 1 unspecified atom stereocenters. The number of amides is 2. The third-order valence-electron chi connectivity index (χ3n) is 4.43. The number of benzene rings is 1. The van der Waals surface area contributed by atoms with Gasteiger partial charge in [-0.2, -0.15) is 0 Å². The summed E-state index contributed by atoms with van der Waals surface area (Å²) >= 11 is 0. The predicted molar refractivity (Wildman–Crippen MR) is 86.7 cm³/mol. The van der Waals surface area contributed by atoms with Gasteiger partial charge in [0.1, 0.15) is 5.75 Å². The van der Waals surface area contributed by atoms with Crippen LogP contribution >= 0.6 is 0 Å². The second-order valence-electron chi connectivity index (χ2n) is 6.26. The number of para-hydroxylation sites is 1. The normalized spacial score (nSPS) is 16.3. The number of rotatable bonds is 7. The fraction of sp³-hybridized carbons (Fsp3) is 0.529. The summed E-state index contributed by atoms with van der Waals surface area (Å²) in [7, 11) is 3.26. The van der Waals surface area contributed by atoms with Crippen LogP contribution in [0.1, 0.15) is 25.3 Å². The van der Waals surface area contributed by atoms with Crippen molar-refractivity contribution in [2.45, 2.75) is 25.2 Å². The number of carboxylic acids is 1. The zero-order valence-electron chi connectivity index (χ0n) is 13.8. The minimum absolute atomic E-state index is 0.0679. The number of carbonyl (C=O) groups excluding carboxylic acids is 1. The second-order valence-corrected chi connectivity index (χ2v) is 6.26. The van der Waals surface area contributed by atoms with E-state index in [1.807, 2.05) is 24.3 Å². The van der Waals surface area contributed by atoms with E-state index in [0.717, 1.165) is 24.2 Å². The summed E-state index contributed by atoms with van der Waals surface area (Å²) in [5, 5.41) is 11.8. The summed E-state index contributed by atoms with van der Waals surface area (Å²) in [6, 6.07) is 7.61. The molecule has 1 fully saturated rings. The molecule has 0 aliphatic heterocycles. The van der Waals surface area contributed by atoms with Gasteiger partial charge in [0.25, 0.3) is 0 Å². The lowest BCUT2D eigenvalue weighted by molar-refractivity contribution is -0.141. The molecule has 1 aromatic carbocycles. The van der Waals surface area contributed by atoms with E-state index in [9.17, 15) is 9.59 Å². The quantitative estimate of drug-likeness (QED) is 0.806. The summed E-state index contributed by atoms with van der Waals surface area (Å²) in [4.78, 5) is 24.4. The maximum absolute atomic E-state index is 12.2. The first-order valence-electron chi connectivity index (χ1n) is 7.75. The minimum Gasteiger partial charge on any atom is -0.496 e. The number of ether oxygens (including phenoxy) is 1. The Bertz CT molecular complexity index is 584. The fourth-order valence-corrected chi connectivity index (χ4v) is 2.73. The van der Waals surface area contributed by atoms with Crippen molar-refractivity contribution in [1.82, 2.24) is 10.2 Å². The van der Waals surface area contributed by atoms with Crippen molar-refractivity contribution < 1.29 is 19.4 Å². The second kappa shape index (κ2) is 6.89. The van der Waals surface area contributed by atoms with E-state index in [0.29, 0.717) is 6.54 Å². The molecule has 2 amide bonds. The van der Waals surface area contributed by atoms with E-state index in [2.05, 4.69) is 5.32 Å². The molecule has 23 heavy (non-hydrogen) atoms. The average Bonchev–Trinajstić information content (AvgIpc) is 3.33. The van der Waals surface area contributed by atoms with Crippen LogP contribution in [-0.4, -0.2) is 49.3 Å². The zero-order chi connectivity index (χ0) is 17.0. The van der Waals surface area contributed by atoms with Crippen LogP contribution in [0.3, 0.4) is 0 Å². The number of nitrogens with one attached hydrogen (secondary N) is 1. The molecule has 1 saturated carbocycles. The van der Waals surface area contributed by atoms with Crippen LogP contribution < -0.4 is 10.1 Å². The molecule has 1 aromatic rings. The van der Waals surface area contributed by atoms with Crippen molar-refractivity contribution in [1.29, 1.82) is 0 Å². The first kappa shape index (κ1) is 17.1. The molecule has 0 bridgehead atoms. The summed E-state index contributed by atoms with van der Waals surface area (Å²) in [6.07, 6.45) is 2.01. The highest BCUT2D eigenvalue weighted by Gasteiger charge is 2.46. The number of hydrogen-bond donors (Lipinski definition) is 2. The van der Waals surface area contributed by atoms with Crippen molar-refractivity contribution in [2.75, 3.05) is 27.2 Å². The highest BCUT2D eigenvalue weighted by atomic mass is 16.5. The Morgan fingerprint density at radius 1 is 1.39 bits per heavy atom. The van der Waals surface area contributed by atoms with Gasteiger partial charge in [0.05, 0.1) is 13.0 Å². The molecule has 1 aliphatic rings. The minimum atomic E-state index is -0.905. The fourth-order valence-electron chi connectivity index (χ4n) is 2.73. The smallest absolute Gasteiger partial charge is 0.317 e. The predicted octanol–water partition coefficient (Wildman–Crippen LogP) is 2.09. The van der Waals surface area contributed by atoms with Gasteiger partial charge in [-0.1, -0.05) is 25.1 Å². The zero-order valence-corrected chi connectivity index (χ0v) is 13.8. The Morgan fingerprint density at radius 3 is 2.61 bits per heavy atom. The Hall–Kier alpha value is -2.24. The van der Waals surface area contributed by atoms with Gasteiger partial charge < -0.3 is 20.1 Å². The van der Waals surface area contributed by atoms with E-state index < -0.39 is 11.9 Å². The van der Waals surface area contributed by atoms with E-state index in [1.165, 1.54) is 4.90 Å². The highest BCUT2D eigenvalue weighted by Crippen LogP contribution is 2.50. The molecule has 6 heteroatoms. The van der Waals surface area contributed by atoms with Crippen molar-refractivity contribution >= 4 is 12.0 Å². The number of nitrogens with zero attached hydrogens (tertiary/aromatic N) is 1. The van der Waals surface area contributed by atoms with Gasteiger partial charge in [-0.05, 0) is 18.9 Å². The van der Waals surface area contributed by atoms with Gasteiger partial charge in [0.15, 0.2) is 0 Å². The van der Waals surface area contributed by atoms with Crippen molar-refractivity contribution in [3.8, 4) is 5.75 Å². The molecule has 0 aromatic heterocycles. The number of methoxy groups -OCH3 is 1. The number of aliphatic carboxylic acids is 1. The molecule has 6 nitrogen and oxygen atoms in total. The van der Waals surface area contributed by atoms with E-state index in [1.54, 1.807) is 21.1 Å². The molecule has 0 heterocycles. The van der Waals surface area contributed by atoms with Crippen molar-refractivity contribution in [3.63, 3.8) is 0 Å². The van der Waals surface area contributed by atoms with E-state index >= 15 is 0 Å². The van der Waals surface area contributed by atoms with Crippen LogP contribution in [0.4, 0.5) is 4.79 Å². The largest absolute Gasteiger partial charge is 0.496 e. The Morgan fingerprint density at radius 2 is 2.04 bits per heavy atom. The lowest BCUT2D eigenvalue weighted by Gasteiger charge is -2.23. The molecule has 1 atom stereocenters. The average molecular weight is 320 g/mol. The molecular weight excluding hydrogens is 296 g/mol. The number of carboxylic acid groups (broad SMARTS) is 1. The summed E-state index contributed by atoms with van der Waals surface area (Å²) in [5.41, 5.74) is 1.05. The Balaban J connectivity index is 1.95. The topological polar surface area (TPSA) is 78.9 Å². The Kier molecular flexibility index (Phi) is 5.13. The maximum Gasteiger partial charge on any atom is 0.317 e. The van der Waals surface area contributed by atoms with E-state index in [4.69, 9.17) is 9.84 Å². The lowest BCUT2D eigenvalue weighted by atomic mass is 9.95. The Labute approximate surface area is 136 Å². The van der Waals surface area contributed by atoms with Crippen LogP contribution in [0.2, 0.25) is 0 Å². The third kappa shape index (κ3) is 3.94. The van der Waals surface area contributed by atoms with Crippen LogP contribution in [-0.2, 0) is 10.2 Å². The monoisotopic (exact) mass is 320 g/mol. The summed E-state index contributed by atoms with van der Waals surface area (Å²) in [5.74, 6) is -0.653. The van der Waals surface area contributed by atoms with Crippen LogP contribution in [0.15, 0.2) is 24.3 Å². The molecule has 0 radical (unpaired) electrons. The molecule has 0 spiro atoms. The SMILES string of the molecule is COc1ccccc1C1(CNC(=O)N(C)CC(C)C(=O)O)CC1. The number of hydrogen-bond acceptors (Lipinski definition) is 3. The van der Waals surface area contributed by atoms with Gasteiger partial charge in [0.2, 0.25) is 0 Å². The third-order valence-corrected chi connectivity index (χ3v) is 4.43. The van der Waals surface area contributed by atoms with Gasteiger partial charge in [-0.25, -0.2) is 4.79 Å². The molecular formula is C17H24N2O4. The standard InChI is InChI=1S/C17H24N2O4/c1-12(15(20)21)10-19(2)16(22)18-11-17(8-9-17)13-6-4-5-7-14(13)23-3/h4-7,12H,8-11H2,1-3H3,(H,18,22)(H,20,21). The van der Waals surface area contributed by atoms with Crippen molar-refractivity contribution in [2.24, 2.45) is 5.92 Å². The van der Waals surface area contributed by atoms with Crippen molar-refractivity contribution in [3.05, 3.63) is 29.8 Å². The van der Waals surface area contributed by atoms with Gasteiger partial charge in [0, 0.05) is 31.1 Å². The number of urea groups is 1. The lowest BCUT2D eigenvalue weighted by Crippen LogP contribution is -2.43. The molecule has 0 saturated heterocycles. The van der Waals surface area contributed by atoms with Crippen LogP contribution in [0.25, 0.3) is 0 Å². The van der Waals surface area contributed by atoms with Gasteiger partial charge >= 0.3 is 12.0 Å². The van der Waals surface area contributed by atoms with E-state index in [-0.39, 0.29) is 18.0 Å².